The lowest BCUT2D eigenvalue weighted by atomic mass is 9.99. The molecule has 0 fully saturated rings. The topological polar surface area (TPSA) is 23.5 Å². The summed E-state index contributed by atoms with van der Waals surface area (Å²) in [6.45, 7) is 1.70. The second kappa shape index (κ2) is 5.41. The highest BCUT2D eigenvalue weighted by Gasteiger charge is 2.11. The van der Waals surface area contributed by atoms with Crippen molar-refractivity contribution in [2.45, 2.75) is 13.0 Å². The molecule has 2 aromatic carbocycles. The maximum atomic E-state index is 13.2. The first-order valence-electron chi connectivity index (χ1n) is 6.20. The van der Waals surface area contributed by atoms with Gasteiger partial charge in [0.1, 0.15) is 11.9 Å². The van der Waals surface area contributed by atoms with Crippen molar-refractivity contribution in [3.8, 4) is 0 Å². The molecular weight excluding hydrogens is 241 g/mol. The Labute approximate surface area is 113 Å². The van der Waals surface area contributed by atoms with E-state index >= 15 is 0 Å². The molecule has 0 saturated carbocycles. The molecule has 2 aromatic rings. The van der Waals surface area contributed by atoms with E-state index in [0.29, 0.717) is 11.1 Å². The normalized spacial score (nSPS) is 12.3. The van der Waals surface area contributed by atoms with Gasteiger partial charge in [-0.1, -0.05) is 24.3 Å². The lowest BCUT2D eigenvalue weighted by molar-refractivity contribution is 0.220. The van der Waals surface area contributed by atoms with Crippen molar-refractivity contribution in [2.24, 2.45) is 0 Å². The van der Waals surface area contributed by atoms with Crippen molar-refractivity contribution in [3.63, 3.8) is 0 Å². The molecule has 100 valence electrons. The summed E-state index contributed by atoms with van der Waals surface area (Å²) in [5.74, 6) is -0.251. The van der Waals surface area contributed by atoms with E-state index in [1.807, 2.05) is 43.3 Å². The second-order valence-corrected chi connectivity index (χ2v) is 4.90. The molecular formula is C16H18FNO. The Kier molecular flexibility index (Phi) is 3.86. The first kappa shape index (κ1) is 13.6. The van der Waals surface area contributed by atoms with E-state index in [-0.39, 0.29) is 5.82 Å². The van der Waals surface area contributed by atoms with E-state index in [0.717, 1.165) is 11.3 Å². The first-order chi connectivity index (χ1) is 8.99. The van der Waals surface area contributed by atoms with Crippen LogP contribution in [0.2, 0.25) is 0 Å². The number of hydrogen-bond acceptors (Lipinski definition) is 2. The fourth-order valence-corrected chi connectivity index (χ4v) is 1.99. The molecule has 0 spiro atoms. The smallest absolute Gasteiger partial charge is 0.126 e. The number of aryl methyl sites for hydroxylation is 1. The van der Waals surface area contributed by atoms with E-state index in [4.69, 9.17) is 0 Å². The van der Waals surface area contributed by atoms with E-state index < -0.39 is 6.10 Å². The van der Waals surface area contributed by atoms with Crippen molar-refractivity contribution in [3.05, 3.63) is 65.0 Å². The van der Waals surface area contributed by atoms with E-state index in [9.17, 15) is 9.50 Å². The van der Waals surface area contributed by atoms with Crippen LogP contribution in [0.4, 0.5) is 10.1 Å². The van der Waals surface area contributed by atoms with Crippen LogP contribution in [0.25, 0.3) is 0 Å². The Morgan fingerprint density at radius 2 is 1.58 bits per heavy atom. The van der Waals surface area contributed by atoms with Crippen LogP contribution >= 0.6 is 0 Å². The molecule has 2 rings (SSSR count). The molecule has 2 nitrogen and oxygen atoms in total. The Hall–Kier alpha value is -1.87. The van der Waals surface area contributed by atoms with Gasteiger partial charge in [-0.05, 0) is 41.8 Å². The van der Waals surface area contributed by atoms with Crippen LogP contribution in [-0.4, -0.2) is 19.2 Å². The molecule has 0 bridgehead atoms. The van der Waals surface area contributed by atoms with Gasteiger partial charge in [-0.25, -0.2) is 4.39 Å². The summed E-state index contributed by atoms with van der Waals surface area (Å²) < 4.78 is 13.2. The zero-order chi connectivity index (χ0) is 14.0. The Balaban J connectivity index is 2.27. The molecule has 0 aliphatic rings. The molecule has 19 heavy (non-hydrogen) atoms. The van der Waals surface area contributed by atoms with Crippen LogP contribution in [0.1, 0.15) is 22.8 Å². The quantitative estimate of drug-likeness (QED) is 0.914. The molecule has 0 aromatic heterocycles. The van der Waals surface area contributed by atoms with Crippen LogP contribution in [0.5, 0.6) is 0 Å². The SMILES string of the molecule is Cc1cc(C(O)c2ccc(N(C)C)cc2)ccc1F. The average Bonchev–Trinajstić information content (AvgIpc) is 2.41. The van der Waals surface area contributed by atoms with Gasteiger partial charge in [0.2, 0.25) is 0 Å². The number of aliphatic hydroxyl groups excluding tert-OH is 1. The maximum Gasteiger partial charge on any atom is 0.126 e. The third kappa shape index (κ3) is 2.93. The summed E-state index contributed by atoms with van der Waals surface area (Å²) in [5.41, 5.74) is 3.13. The van der Waals surface area contributed by atoms with Crippen LogP contribution in [0.3, 0.4) is 0 Å². The molecule has 1 N–H and O–H groups in total. The highest BCUT2D eigenvalue weighted by molar-refractivity contribution is 5.47. The minimum atomic E-state index is -0.726. The minimum Gasteiger partial charge on any atom is -0.384 e. The minimum absolute atomic E-state index is 0.251. The number of hydrogen-bond donors (Lipinski definition) is 1. The average molecular weight is 259 g/mol. The van der Waals surface area contributed by atoms with E-state index in [2.05, 4.69) is 0 Å². The summed E-state index contributed by atoms with van der Waals surface area (Å²) in [6, 6.07) is 12.4. The predicted octanol–water partition coefficient (Wildman–Crippen LogP) is 3.28. The van der Waals surface area contributed by atoms with Crippen molar-refractivity contribution < 1.29 is 9.50 Å². The fourth-order valence-electron chi connectivity index (χ4n) is 1.99. The summed E-state index contributed by atoms with van der Waals surface area (Å²) in [6.07, 6.45) is -0.726. The Bertz CT molecular complexity index is 563. The highest BCUT2D eigenvalue weighted by Crippen LogP contribution is 2.25. The number of halogens is 1. The van der Waals surface area contributed by atoms with Gasteiger partial charge < -0.3 is 10.0 Å². The third-order valence-corrected chi connectivity index (χ3v) is 3.22. The molecule has 0 aliphatic carbocycles. The second-order valence-electron chi connectivity index (χ2n) is 4.90. The van der Waals surface area contributed by atoms with E-state index in [1.54, 1.807) is 19.1 Å². The van der Waals surface area contributed by atoms with Crippen LogP contribution in [-0.2, 0) is 0 Å². The number of nitrogens with zero attached hydrogens (tertiary/aromatic N) is 1. The van der Waals surface area contributed by atoms with Gasteiger partial charge in [-0.2, -0.15) is 0 Å². The predicted molar refractivity (Wildman–Crippen MR) is 76.0 cm³/mol. The first-order valence-corrected chi connectivity index (χ1v) is 6.20. The van der Waals surface area contributed by atoms with Gasteiger partial charge in [-0.15, -0.1) is 0 Å². The zero-order valence-electron chi connectivity index (χ0n) is 11.4. The molecule has 0 amide bonds. The van der Waals surface area contributed by atoms with E-state index in [1.165, 1.54) is 6.07 Å². The third-order valence-electron chi connectivity index (χ3n) is 3.22. The van der Waals surface area contributed by atoms with Gasteiger partial charge in [-0.3, -0.25) is 0 Å². The lowest BCUT2D eigenvalue weighted by Gasteiger charge is -2.16. The van der Waals surface area contributed by atoms with Crippen LogP contribution in [0.15, 0.2) is 42.5 Å². The number of rotatable bonds is 3. The Morgan fingerprint density at radius 1 is 1.00 bits per heavy atom. The maximum absolute atomic E-state index is 13.2. The number of benzene rings is 2. The zero-order valence-corrected chi connectivity index (χ0v) is 11.4. The van der Waals surface area contributed by atoms with Gasteiger partial charge in [0.25, 0.3) is 0 Å². The molecule has 0 saturated heterocycles. The fraction of sp³-hybridized carbons (Fsp3) is 0.250. The van der Waals surface area contributed by atoms with Gasteiger partial charge >= 0.3 is 0 Å². The summed E-state index contributed by atoms with van der Waals surface area (Å²) in [4.78, 5) is 2.00. The Morgan fingerprint density at radius 3 is 2.11 bits per heavy atom. The standard InChI is InChI=1S/C16H18FNO/c1-11-10-13(6-9-15(11)17)16(19)12-4-7-14(8-5-12)18(2)3/h4-10,16,19H,1-3H3. The molecule has 1 unspecified atom stereocenters. The van der Waals surface area contributed by atoms with Crippen molar-refractivity contribution >= 4 is 5.69 Å². The molecule has 1 atom stereocenters. The lowest BCUT2D eigenvalue weighted by Crippen LogP contribution is -2.08. The van der Waals surface area contributed by atoms with Gasteiger partial charge in [0.15, 0.2) is 0 Å². The molecule has 0 aliphatic heterocycles. The monoisotopic (exact) mass is 259 g/mol. The largest absolute Gasteiger partial charge is 0.384 e. The van der Waals surface area contributed by atoms with Crippen molar-refractivity contribution in [2.75, 3.05) is 19.0 Å². The summed E-state index contributed by atoms with van der Waals surface area (Å²) in [7, 11) is 3.93. The highest BCUT2D eigenvalue weighted by atomic mass is 19.1. The van der Waals surface area contributed by atoms with Crippen LogP contribution in [0, 0.1) is 12.7 Å². The molecule has 0 heterocycles. The molecule has 0 radical (unpaired) electrons. The van der Waals surface area contributed by atoms with Gasteiger partial charge in [0, 0.05) is 19.8 Å². The van der Waals surface area contributed by atoms with Crippen molar-refractivity contribution in [1.29, 1.82) is 0 Å². The summed E-state index contributed by atoms with van der Waals surface area (Å²) in [5, 5.41) is 10.3. The number of anilines is 1. The van der Waals surface area contributed by atoms with Crippen molar-refractivity contribution in [1.82, 2.24) is 0 Å². The molecule has 3 heteroatoms. The van der Waals surface area contributed by atoms with Crippen LogP contribution < -0.4 is 4.90 Å². The summed E-state index contributed by atoms with van der Waals surface area (Å²) >= 11 is 0. The number of aliphatic hydroxyl groups is 1. The van der Waals surface area contributed by atoms with Gasteiger partial charge in [0.05, 0.1) is 0 Å².